The average molecular weight is 282 g/mol. The second-order valence-corrected chi connectivity index (χ2v) is 5.29. The third-order valence-electron chi connectivity index (χ3n) is 3.55. The zero-order valence-corrected chi connectivity index (χ0v) is 11.9. The Morgan fingerprint density at radius 1 is 1.30 bits per heavy atom. The van der Waals surface area contributed by atoms with Gasteiger partial charge in [0, 0.05) is 32.2 Å². The summed E-state index contributed by atoms with van der Waals surface area (Å²) in [5.41, 5.74) is 0.734. The zero-order chi connectivity index (χ0) is 14.4. The topological polar surface area (TPSA) is 44.7 Å². The van der Waals surface area contributed by atoms with Crippen LogP contribution in [0.4, 0.5) is 4.39 Å². The Morgan fingerprint density at radius 3 is 2.60 bits per heavy atom. The maximum atomic E-state index is 12.8. The molecule has 0 amide bonds. The second kappa shape index (κ2) is 7.69. The predicted molar refractivity (Wildman–Crippen MR) is 76.1 cm³/mol. The summed E-state index contributed by atoms with van der Waals surface area (Å²) in [6.45, 7) is 7.04. The fraction of sp³-hybridized carbons (Fsp3) is 0.600. The van der Waals surface area contributed by atoms with Gasteiger partial charge in [-0.3, -0.25) is 4.90 Å². The summed E-state index contributed by atoms with van der Waals surface area (Å²) in [4.78, 5) is 2.35. The lowest BCUT2D eigenvalue weighted by atomic mass is 10.1. The number of nitrogens with one attached hydrogen (secondary N) is 1. The summed E-state index contributed by atoms with van der Waals surface area (Å²) in [5.74, 6) is -0.283. The van der Waals surface area contributed by atoms with Crippen LogP contribution in [0.25, 0.3) is 0 Å². The van der Waals surface area contributed by atoms with Crippen molar-refractivity contribution in [2.45, 2.75) is 19.1 Å². The molecule has 0 spiro atoms. The van der Waals surface area contributed by atoms with Crippen molar-refractivity contribution in [1.29, 1.82) is 0 Å². The lowest BCUT2D eigenvalue weighted by molar-refractivity contribution is 0.0336. The zero-order valence-electron chi connectivity index (χ0n) is 11.9. The molecule has 1 aromatic carbocycles. The van der Waals surface area contributed by atoms with Crippen molar-refractivity contribution in [2.75, 3.05) is 39.4 Å². The van der Waals surface area contributed by atoms with Gasteiger partial charge in [0.2, 0.25) is 0 Å². The molecule has 2 atom stereocenters. The number of nitrogens with zero attached hydrogens (tertiary/aromatic N) is 1. The molecule has 0 saturated carbocycles. The number of halogens is 1. The van der Waals surface area contributed by atoms with Crippen LogP contribution in [0, 0.1) is 5.82 Å². The van der Waals surface area contributed by atoms with E-state index in [2.05, 4.69) is 17.1 Å². The van der Waals surface area contributed by atoms with E-state index in [4.69, 9.17) is 4.74 Å². The molecule has 1 heterocycles. The minimum absolute atomic E-state index is 0.283. The summed E-state index contributed by atoms with van der Waals surface area (Å²) in [6, 6.07) is 6.27. The van der Waals surface area contributed by atoms with Gasteiger partial charge >= 0.3 is 0 Å². The maximum absolute atomic E-state index is 12.8. The first kappa shape index (κ1) is 15.4. The van der Waals surface area contributed by atoms with E-state index >= 15 is 0 Å². The molecule has 0 aromatic heterocycles. The lowest BCUT2D eigenvalue weighted by Gasteiger charge is -2.29. The van der Waals surface area contributed by atoms with Crippen molar-refractivity contribution in [3.63, 3.8) is 0 Å². The van der Waals surface area contributed by atoms with Gasteiger partial charge in [-0.05, 0) is 24.6 Å². The molecule has 20 heavy (non-hydrogen) atoms. The molecule has 1 aliphatic heterocycles. The fourth-order valence-electron chi connectivity index (χ4n) is 2.35. The van der Waals surface area contributed by atoms with Gasteiger partial charge in [0.25, 0.3) is 0 Å². The smallest absolute Gasteiger partial charge is 0.123 e. The lowest BCUT2D eigenvalue weighted by Crippen LogP contribution is -2.45. The largest absolute Gasteiger partial charge is 0.387 e. The Morgan fingerprint density at radius 2 is 1.95 bits per heavy atom. The van der Waals surface area contributed by atoms with Crippen LogP contribution in [0.15, 0.2) is 24.3 Å². The Kier molecular flexibility index (Phi) is 5.91. The molecular weight excluding hydrogens is 259 g/mol. The Hall–Kier alpha value is -1.01. The van der Waals surface area contributed by atoms with Gasteiger partial charge in [-0.25, -0.2) is 4.39 Å². The SMILES string of the molecule is CC(CN1CCOCC1)NCC(O)c1ccc(F)cc1. The van der Waals surface area contributed by atoms with E-state index in [0.717, 1.165) is 38.4 Å². The molecule has 2 rings (SSSR count). The second-order valence-electron chi connectivity index (χ2n) is 5.29. The van der Waals surface area contributed by atoms with Crippen LogP contribution < -0.4 is 5.32 Å². The normalized spacial score (nSPS) is 19.8. The van der Waals surface area contributed by atoms with Gasteiger partial charge in [0.15, 0.2) is 0 Å². The first-order valence-electron chi connectivity index (χ1n) is 7.12. The van der Waals surface area contributed by atoms with Crippen molar-refractivity contribution in [2.24, 2.45) is 0 Å². The molecule has 1 aliphatic rings. The minimum Gasteiger partial charge on any atom is -0.387 e. The molecule has 4 nitrogen and oxygen atoms in total. The molecule has 1 saturated heterocycles. The number of aliphatic hydroxyl groups is 1. The molecule has 2 N–H and O–H groups in total. The van der Waals surface area contributed by atoms with Gasteiger partial charge < -0.3 is 15.2 Å². The van der Waals surface area contributed by atoms with Crippen molar-refractivity contribution < 1.29 is 14.2 Å². The number of benzene rings is 1. The number of morpholine rings is 1. The van der Waals surface area contributed by atoms with E-state index in [1.54, 1.807) is 12.1 Å². The van der Waals surface area contributed by atoms with E-state index in [1.807, 2.05) is 0 Å². The maximum Gasteiger partial charge on any atom is 0.123 e. The summed E-state index contributed by atoms with van der Waals surface area (Å²) in [7, 11) is 0. The van der Waals surface area contributed by atoms with E-state index in [0.29, 0.717) is 12.6 Å². The van der Waals surface area contributed by atoms with E-state index in [1.165, 1.54) is 12.1 Å². The van der Waals surface area contributed by atoms with Crippen LogP contribution in [-0.4, -0.2) is 55.4 Å². The van der Waals surface area contributed by atoms with Crippen LogP contribution >= 0.6 is 0 Å². The number of rotatable bonds is 6. The highest BCUT2D eigenvalue weighted by molar-refractivity contribution is 5.18. The van der Waals surface area contributed by atoms with Crippen LogP contribution in [0.5, 0.6) is 0 Å². The molecular formula is C15H23FN2O2. The molecule has 112 valence electrons. The first-order valence-corrected chi connectivity index (χ1v) is 7.12. The minimum atomic E-state index is -0.609. The number of hydrogen-bond donors (Lipinski definition) is 2. The number of aliphatic hydroxyl groups excluding tert-OH is 1. The van der Waals surface area contributed by atoms with Crippen LogP contribution in [0.1, 0.15) is 18.6 Å². The van der Waals surface area contributed by atoms with Gasteiger partial charge in [0.05, 0.1) is 19.3 Å². The van der Waals surface area contributed by atoms with Crippen LogP contribution in [0.3, 0.4) is 0 Å². The molecule has 0 bridgehead atoms. The van der Waals surface area contributed by atoms with Crippen LogP contribution in [-0.2, 0) is 4.74 Å². The summed E-state index contributed by atoms with van der Waals surface area (Å²) >= 11 is 0. The van der Waals surface area contributed by atoms with Crippen molar-refractivity contribution in [3.05, 3.63) is 35.6 Å². The highest BCUT2D eigenvalue weighted by atomic mass is 19.1. The van der Waals surface area contributed by atoms with Crippen molar-refractivity contribution in [1.82, 2.24) is 10.2 Å². The number of hydrogen-bond acceptors (Lipinski definition) is 4. The molecule has 1 fully saturated rings. The Balaban J connectivity index is 1.71. The van der Waals surface area contributed by atoms with E-state index in [-0.39, 0.29) is 5.82 Å². The van der Waals surface area contributed by atoms with E-state index < -0.39 is 6.10 Å². The Bertz CT molecular complexity index is 393. The highest BCUT2D eigenvalue weighted by Gasteiger charge is 2.14. The molecule has 0 aliphatic carbocycles. The molecule has 5 heteroatoms. The standard InChI is InChI=1S/C15H23FN2O2/c1-12(11-18-6-8-20-9-7-18)17-10-15(19)13-2-4-14(16)5-3-13/h2-5,12,15,17,19H,6-11H2,1H3. The highest BCUT2D eigenvalue weighted by Crippen LogP contribution is 2.12. The molecule has 1 aromatic rings. The third-order valence-corrected chi connectivity index (χ3v) is 3.55. The van der Waals surface area contributed by atoms with Gasteiger partial charge in [0.1, 0.15) is 5.82 Å². The van der Waals surface area contributed by atoms with Gasteiger partial charge in [-0.15, -0.1) is 0 Å². The fourth-order valence-corrected chi connectivity index (χ4v) is 2.35. The van der Waals surface area contributed by atoms with Crippen LogP contribution in [0.2, 0.25) is 0 Å². The predicted octanol–water partition coefficient (Wildman–Crippen LogP) is 1.17. The molecule has 0 radical (unpaired) electrons. The summed E-state index contributed by atoms with van der Waals surface area (Å²) < 4.78 is 18.1. The van der Waals surface area contributed by atoms with Crippen molar-refractivity contribution >= 4 is 0 Å². The molecule has 2 unspecified atom stereocenters. The average Bonchev–Trinajstić information content (AvgIpc) is 2.46. The first-order chi connectivity index (χ1) is 9.65. The summed E-state index contributed by atoms with van der Waals surface area (Å²) in [6.07, 6.45) is -0.609. The Labute approximate surface area is 119 Å². The van der Waals surface area contributed by atoms with Crippen molar-refractivity contribution in [3.8, 4) is 0 Å². The third kappa shape index (κ3) is 4.83. The monoisotopic (exact) mass is 282 g/mol. The van der Waals surface area contributed by atoms with Gasteiger partial charge in [-0.2, -0.15) is 0 Å². The van der Waals surface area contributed by atoms with Gasteiger partial charge in [-0.1, -0.05) is 12.1 Å². The number of ether oxygens (including phenoxy) is 1. The quantitative estimate of drug-likeness (QED) is 0.822. The van der Waals surface area contributed by atoms with E-state index in [9.17, 15) is 9.50 Å². The summed E-state index contributed by atoms with van der Waals surface area (Å²) in [5, 5.41) is 13.4.